The number of allylic oxidation sites excluding steroid dienone is 1. The second kappa shape index (κ2) is 4.40. The average molecular weight is 299 g/mol. The molecule has 0 bridgehead atoms. The third-order valence-electron chi connectivity index (χ3n) is 3.65. The Balaban J connectivity index is 2.32. The lowest BCUT2D eigenvalue weighted by atomic mass is 9.91. The summed E-state index contributed by atoms with van der Waals surface area (Å²) in [5.41, 5.74) is 8.23. The van der Waals surface area contributed by atoms with Gasteiger partial charge in [0.05, 0.1) is 0 Å². The molecule has 0 heterocycles. The summed E-state index contributed by atoms with van der Waals surface area (Å²) in [6, 6.07) is 10.8. The molecule has 0 atom stereocenters. The molecular weight excluding hydrogens is 284 g/mol. The van der Waals surface area contributed by atoms with Crippen molar-refractivity contribution in [1.82, 2.24) is 0 Å². The molecule has 0 spiro atoms. The van der Waals surface area contributed by atoms with E-state index in [0.29, 0.717) is 0 Å². The Kier molecular flexibility index (Phi) is 2.87. The van der Waals surface area contributed by atoms with Gasteiger partial charge in [-0.3, -0.25) is 0 Å². The average Bonchev–Trinajstić information content (AvgIpc) is 2.81. The van der Waals surface area contributed by atoms with Gasteiger partial charge in [-0.15, -0.1) is 0 Å². The van der Waals surface area contributed by atoms with Crippen LogP contribution in [0.5, 0.6) is 0 Å². The Morgan fingerprint density at radius 2 is 1.83 bits per heavy atom. The monoisotopic (exact) mass is 298 g/mol. The number of hydrogen-bond donors (Lipinski definition) is 0. The summed E-state index contributed by atoms with van der Waals surface area (Å²) in [6.07, 6.45) is 5.55. The second-order valence-electron chi connectivity index (χ2n) is 4.86. The lowest BCUT2D eigenvalue weighted by Crippen LogP contribution is -1.95. The fourth-order valence-electron chi connectivity index (χ4n) is 2.74. The van der Waals surface area contributed by atoms with Crippen LogP contribution >= 0.6 is 15.9 Å². The van der Waals surface area contributed by atoms with E-state index < -0.39 is 0 Å². The maximum absolute atomic E-state index is 3.74. The fraction of sp³-hybridized carbons (Fsp3) is 0.176. The highest BCUT2D eigenvalue weighted by atomic mass is 79.9. The molecule has 1 aliphatic rings. The number of fused-ring (bicyclic) bond motifs is 1. The Hall–Kier alpha value is -1.34. The third kappa shape index (κ3) is 1.74. The molecule has 0 aliphatic heterocycles. The molecule has 0 unspecified atom stereocenters. The molecule has 0 nitrogen and oxygen atoms in total. The summed E-state index contributed by atoms with van der Waals surface area (Å²) in [4.78, 5) is 0. The van der Waals surface area contributed by atoms with Gasteiger partial charge >= 0.3 is 0 Å². The molecule has 0 saturated heterocycles. The van der Waals surface area contributed by atoms with Gasteiger partial charge in [-0.1, -0.05) is 52.3 Å². The Bertz CT molecular complexity index is 651. The van der Waals surface area contributed by atoms with Gasteiger partial charge in [0.15, 0.2) is 0 Å². The molecule has 1 aliphatic carbocycles. The lowest BCUT2D eigenvalue weighted by molar-refractivity contribution is 1.27. The quantitative estimate of drug-likeness (QED) is 0.670. The molecule has 3 rings (SSSR count). The number of hydrogen-bond acceptors (Lipinski definition) is 0. The molecular formula is C17H15Br. The summed E-state index contributed by atoms with van der Waals surface area (Å²) in [6.45, 7) is 4.36. The van der Waals surface area contributed by atoms with E-state index in [4.69, 9.17) is 0 Å². The normalized spacial score (nSPS) is 12.8. The van der Waals surface area contributed by atoms with Gasteiger partial charge in [0.2, 0.25) is 0 Å². The number of aryl methyl sites for hydroxylation is 2. The summed E-state index contributed by atoms with van der Waals surface area (Å²) >= 11 is 3.74. The second-order valence-corrected chi connectivity index (χ2v) is 5.72. The molecule has 2 aromatic rings. The van der Waals surface area contributed by atoms with Crippen LogP contribution in [0.2, 0.25) is 0 Å². The van der Waals surface area contributed by atoms with Crippen molar-refractivity contribution in [1.29, 1.82) is 0 Å². The zero-order chi connectivity index (χ0) is 12.7. The van der Waals surface area contributed by atoms with E-state index in [1.807, 2.05) is 0 Å². The lowest BCUT2D eigenvalue weighted by Gasteiger charge is -2.15. The van der Waals surface area contributed by atoms with Gasteiger partial charge in [0.1, 0.15) is 0 Å². The van der Waals surface area contributed by atoms with Crippen LogP contribution in [0.3, 0.4) is 0 Å². The smallest absolute Gasteiger partial charge is 0.0259 e. The first-order valence-electron chi connectivity index (χ1n) is 6.23. The van der Waals surface area contributed by atoms with Crippen molar-refractivity contribution in [3.05, 3.63) is 63.1 Å². The number of halogens is 1. The topological polar surface area (TPSA) is 0 Å². The van der Waals surface area contributed by atoms with Crippen LogP contribution < -0.4 is 0 Å². The summed E-state index contributed by atoms with van der Waals surface area (Å²) in [7, 11) is 0. The van der Waals surface area contributed by atoms with Gasteiger partial charge in [0, 0.05) is 10.0 Å². The molecule has 0 radical (unpaired) electrons. The van der Waals surface area contributed by atoms with E-state index in [9.17, 15) is 0 Å². The van der Waals surface area contributed by atoms with E-state index in [0.717, 1.165) is 6.42 Å². The fourth-order valence-corrected chi connectivity index (χ4v) is 3.54. The standard InChI is InChI=1S/C17H15Br/c1-11-6-3-4-7-14(11)17-15-9-5-8-13(15)12(2)10-16(17)18/h3-8,10H,9H2,1-2H3. The molecule has 0 saturated carbocycles. The minimum Gasteiger partial charge on any atom is -0.0795 e. The van der Waals surface area contributed by atoms with Crippen LogP contribution in [0, 0.1) is 13.8 Å². The van der Waals surface area contributed by atoms with Gasteiger partial charge in [-0.2, -0.15) is 0 Å². The number of benzene rings is 2. The Morgan fingerprint density at radius 1 is 1.06 bits per heavy atom. The van der Waals surface area contributed by atoms with E-state index in [1.54, 1.807) is 0 Å². The Labute approximate surface area is 116 Å². The zero-order valence-electron chi connectivity index (χ0n) is 10.6. The predicted molar refractivity (Wildman–Crippen MR) is 81.8 cm³/mol. The molecule has 1 heteroatoms. The van der Waals surface area contributed by atoms with Crippen LogP contribution in [-0.4, -0.2) is 0 Å². The van der Waals surface area contributed by atoms with Crippen LogP contribution in [0.25, 0.3) is 17.2 Å². The number of rotatable bonds is 1. The van der Waals surface area contributed by atoms with Gasteiger partial charge < -0.3 is 0 Å². The third-order valence-corrected chi connectivity index (χ3v) is 4.28. The minimum absolute atomic E-state index is 1.04. The van der Waals surface area contributed by atoms with Crippen LogP contribution in [0.1, 0.15) is 22.3 Å². The van der Waals surface area contributed by atoms with Crippen LogP contribution in [0.15, 0.2) is 40.9 Å². The van der Waals surface area contributed by atoms with Crippen molar-refractivity contribution >= 4 is 22.0 Å². The van der Waals surface area contributed by atoms with Crippen molar-refractivity contribution in [3.63, 3.8) is 0 Å². The van der Waals surface area contributed by atoms with Crippen LogP contribution in [-0.2, 0) is 6.42 Å². The van der Waals surface area contributed by atoms with E-state index in [1.165, 1.54) is 37.9 Å². The van der Waals surface area contributed by atoms with Crippen molar-refractivity contribution in [2.24, 2.45) is 0 Å². The maximum atomic E-state index is 3.74. The molecule has 90 valence electrons. The summed E-state index contributed by atoms with van der Waals surface area (Å²) in [5.74, 6) is 0. The van der Waals surface area contributed by atoms with E-state index in [2.05, 4.69) is 72.3 Å². The zero-order valence-corrected chi connectivity index (χ0v) is 12.2. The van der Waals surface area contributed by atoms with Crippen molar-refractivity contribution in [2.45, 2.75) is 20.3 Å². The summed E-state index contributed by atoms with van der Waals surface area (Å²) < 4.78 is 1.21. The van der Waals surface area contributed by atoms with Crippen molar-refractivity contribution < 1.29 is 0 Å². The van der Waals surface area contributed by atoms with Crippen LogP contribution in [0.4, 0.5) is 0 Å². The predicted octanol–water partition coefficient (Wildman–Crippen LogP) is 5.30. The van der Waals surface area contributed by atoms with E-state index >= 15 is 0 Å². The molecule has 18 heavy (non-hydrogen) atoms. The molecule has 0 amide bonds. The molecule has 0 fully saturated rings. The maximum Gasteiger partial charge on any atom is 0.0259 e. The first kappa shape index (κ1) is 11.7. The highest BCUT2D eigenvalue weighted by molar-refractivity contribution is 9.10. The van der Waals surface area contributed by atoms with E-state index in [-0.39, 0.29) is 0 Å². The summed E-state index contributed by atoms with van der Waals surface area (Å²) in [5, 5.41) is 0. The Morgan fingerprint density at radius 3 is 2.61 bits per heavy atom. The van der Waals surface area contributed by atoms with Crippen molar-refractivity contribution in [2.75, 3.05) is 0 Å². The highest BCUT2D eigenvalue weighted by Gasteiger charge is 2.18. The first-order chi connectivity index (χ1) is 8.68. The molecule has 0 N–H and O–H groups in total. The molecule has 2 aromatic carbocycles. The largest absolute Gasteiger partial charge is 0.0795 e. The SMILES string of the molecule is Cc1ccccc1-c1c(Br)cc(C)c2c1CC=C2. The molecule has 0 aromatic heterocycles. The highest BCUT2D eigenvalue weighted by Crippen LogP contribution is 2.39. The minimum atomic E-state index is 1.04. The van der Waals surface area contributed by atoms with Gasteiger partial charge in [-0.25, -0.2) is 0 Å². The van der Waals surface area contributed by atoms with Gasteiger partial charge in [-0.05, 0) is 54.2 Å². The van der Waals surface area contributed by atoms with Gasteiger partial charge in [0.25, 0.3) is 0 Å². The first-order valence-corrected chi connectivity index (χ1v) is 7.02. The van der Waals surface area contributed by atoms with Crippen molar-refractivity contribution in [3.8, 4) is 11.1 Å².